The van der Waals surface area contributed by atoms with Gasteiger partial charge in [-0.15, -0.1) is 11.8 Å². The summed E-state index contributed by atoms with van der Waals surface area (Å²) in [5, 5.41) is 2.84. The fourth-order valence-corrected chi connectivity index (χ4v) is 5.77. The first kappa shape index (κ1) is 21.9. The molecule has 1 heterocycles. The second-order valence-corrected chi connectivity index (χ2v) is 10.1. The van der Waals surface area contributed by atoms with Crippen molar-refractivity contribution < 1.29 is 9.59 Å². The summed E-state index contributed by atoms with van der Waals surface area (Å²) in [6.07, 6.45) is 6.95. The van der Waals surface area contributed by atoms with Gasteiger partial charge in [0, 0.05) is 10.9 Å². The molecule has 2 atom stereocenters. The molecule has 4 rings (SSSR count). The lowest BCUT2D eigenvalue weighted by atomic mass is 10.0. The fourth-order valence-electron chi connectivity index (χ4n) is 4.49. The number of rotatable bonds is 5. The molecule has 5 heteroatoms. The quantitative estimate of drug-likeness (QED) is 0.632. The first-order valence-corrected chi connectivity index (χ1v) is 12.3. The SMILES string of the molecule is Cc1ccc(CN2C(=O)[C@H]([C@@H](C)C(=O)NC3CCCCCC3)Sc3ccccc32)cc1. The molecular formula is C26H32N2O2S. The molecule has 1 N–H and O–H groups in total. The molecule has 2 amide bonds. The maximum atomic E-state index is 13.6. The number of carbonyl (C=O) groups excluding carboxylic acids is 2. The molecule has 4 nitrogen and oxygen atoms in total. The van der Waals surface area contributed by atoms with Crippen molar-refractivity contribution in [2.24, 2.45) is 5.92 Å². The molecule has 0 saturated heterocycles. The molecule has 1 saturated carbocycles. The third-order valence-electron chi connectivity index (χ3n) is 6.45. The smallest absolute Gasteiger partial charge is 0.241 e. The van der Waals surface area contributed by atoms with Crippen LogP contribution in [0.3, 0.4) is 0 Å². The standard InChI is InChI=1S/C26H32N2O2S/c1-18-13-15-20(16-14-18)17-28-22-11-7-8-12-23(22)31-24(26(28)30)19(2)25(29)27-21-9-5-3-4-6-10-21/h7-8,11-16,19,21,24H,3-6,9-10,17H2,1-2H3,(H,27,29)/t19-,24+/m1/s1. The van der Waals surface area contributed by atoms with Crippen LogP contribution in [0.15, 0.2) is 53.4 Å². The van der Waals surface area contributed by atoms with E-state index in [1.165, 1.54) is 43.0 Å². The van der Waals surface area contributed by atoms with Gasteiger partial charge < -0.3 is 10.2 Å². The Morgan fingerprint density at radius 1 is 1.06 bits per heavy atom. The number of para-hydroxylation sites is 1. The highest BCUT2D eigenvalue weighted by atomic mass is 32.2. The average Bonchev–Trinajstić information content (AvgIpc) is 3.05. The van der Waals surface area contributed by atoms with Gasteiger partial charge in [0.25, 0.3) is 0 Å². The number of anilines is 1. The monoisotopic (exact) mass is 436 g/mol. The highest BCUT2D eigenvalue weighted by Crippen LogP contribution is 2.42. The van der Waals surface area contributed by atoms with Gasteiger partial charge in [-0.25, -0.2) is 0 Å². The summed E-state index contributed by atoms with van der Waals surface area (Å²) in [7, 11) is 0. The number of amides is 2. The van der Waals surface area contributed by atoms with Gasteiger partial charge in [-0.2, -0.15) is 0 Å². The Labute approximate surface area is 189 Å². The number of nitrogens with zero attached hydrogens (tertiary/aromatic N) is 1. The largest absolute Gasteiger partial charge is 0.353 e. The predicted octanol–water partition coefficient (Wildman–Crippen LogP) is 5.48. The Bertz CT molecular complexity index is 919. The van der Waals surface area contributed by atoms with E-state index in [1.54, 1.807) is 0 Å². The Morgan fingerprint density at radius 3 is 2.45 bits per heavy atom. The summed E-state index contributed by atoms with van der Waals surface area (Å²) in [5.74, 6) is -0.352. The first-order valence-electron chi connectivity index (χ1n) is 11.5. The zero-order valence-corrected chi connectivity index (χ0v) is 19.3. The number of fused-ring (bicyclic) bond motifs is 1. The highest BCUT2D eigenvalue weighted by molar-refractivity contribution is 8.01. The van der Waals surface area contributed by atoms with E-state index in [0.29, 0.717) is 6.54 Å². The molecule has 1 aliphatic carbocycles. The summed E-state index contributed by atoms with van der Waals surface area (Å²) in [6, 6.07) is 16.6. The van der Waals surface area contributed by atoms with Crippen molar-refractivity contribution >= 4 is 29.3 Å². The normalized spacial score (nSPS) is 20.6. The van der Waals surface area contributed by atoms with Crippen molar-refractivity contribution in [1.29, 1.82) is 0 Å². The predicted molar refractivity (Wildman–Crippen MR) is 127 cm³/mol. The third-order valence-corrected chi connectivity index (χ3v) is 7.91. The Morgan fingerprint density at radius 2 is 1.74 bits per heavy atom. The lowest BCUT2D eigenvalue weighted by molar-refractivity contribution is -0.129. The molecule has 31 heavy (non-hydrogen) atoms. The molecule has 164 valence electrons. The molecule has 0 spiro atoms. The topological polar surface area (TPSA) is 49.4 Å². The average molecular weight is 437 g/mol. The van der Waals surface area contributed by atoms with Gasteiger partial charge in [0.05, 0.1) is 18.2 Å². The van der Waals surface area contributed by atoms with E-state index >= 15 is 0 Å². The lowest BCUT2D eigenvalue weighted by Crippen LogP contribution is -2.48. The van der Waals surface area contributed by atoms with E-state index in [4.69, 9.17) is 0 Å². The molecule has 1 fully saturated rings. The molecular weight excluding hydrogens is 404 g/mol. The maximum absolute atomic E-state index is 13.6. The van der Waals surface area contributed by atoms with E-state index in [9.17, 15) is 9.59 Å². The van der Waals surface area contributed by atoms with Crippen molar-refractivity contribution in [3.8, 4) is 0 Å². The number of thioether (sulfide) groups is 1. The van der Waals surface area contributed by atoms with Crippen molar-refractivity contribution in [1.82, 2.24) is 5.32 Å². The molecule has 2 aromatic carbocycles. The highest BCUT2D eigenvalue weighted by Gasteiger charge is 2.39. The minimum Gasteiger partial charge on any atom is -0.353 e. The van der Waals surface area contributed by atoms with Crippen LogP contribution in [0.4, 0.5) is 5.69 Å². The van der Waals surface area contributed by atoms with Gasteiger partial charge in [-0.3, -0.25) is 9.59 Å². The van der Waals surface area contributed by atoms with Crippen LogP contribution in [-0.4, -0.2) is 23.1 Å². The van der Waals surface area contributed by atoms with Crippen LogP contribution in [0.5, 0.6) is 0 Å². The van der Waals surface area contributed by atoms with Gasteiger partial charge in [0.2, 0.25) is 11.8 Å². The molecule has 2 aromatic rings. The Kier molecular flexibility index (Phi) is 7.01. The van der Waals surface area contributed by atoms with Crippen LogP contribution in [0.1, 0.15) is 56.6 Å². The van der Waals surface area contributed by atoms with Crippen LogP contribution < -0.4 is 10.2 Å². The number of aryl methyl sites for hydroxylation is 1. The van der Waals surface area contributed by atoms with Crippen LogP contribution in [0.2, 0.25) is 0 Å². The van der Waals surface area contributed by atoms with Gasteiger partial charge in [-0.05, 0) is 37.5 Å². The van der Waals surface area contributed by atoms with Crippen molar-refractivity contribution in [2.45, 2.75) is 75.1 Å². The minimum atomic E-state index is -0.411. The summed E-state index contributed by atoms with van der Waals surface area (Å²) in [4.78, 5) is 29.6. The van der Waals surface area contributed by atoms with Gasteiger partial charge in [0.15, 0.2) is 0 Å². The first-order chi connectivity index (χ1) is 15.0. The summed E-state index contributed by atoms with van der Waals surface area (Å²) < 4.78 is 0. The van der Waals surface area contributed by atoms with Crippen LogP contribution in [0, 0.1) is 12.8 Å². The van der Waals surface area contributed by atoms with E-state index in [1.807, 2.05) is 30.0 Å². The molecule has 0 aromatic heterocycles. The number of carbonyl (C=O) groups is 2. The summed E-state index contributed by atoms with van der Waals surface area (Å²) in [6.45, 7) is 4.48. The Hall–Kier alpha value is -2.27. The van der Waals surface area contributed by atoms with E-state index in [-0.39, 0.29) is 23.8 Å². The van der Waals surface area contributed by atoms with Gasteiger partial charge >= 0.3 is 0 Å². The zero-order valence-electron chi connectivity index (χ0n) is 18.5. The second-order valence-electron chi connectivity index (χ2n) is 8.90. The number of benzene rings is 2. The molecule has 0 radical (unpaired) electrons. The minimum absolute atomic E-state index is 0.00687. The second kappa shape index (κ2) is 9.90. The van der Waals surface area contributed by atoms with Crippen LogP contribution in [0.25, 0.3) is 0 Å². The molecule has 0 bridgehead atoms. The van der Waals surface area contributed by atoms with Crippen LogP contribution in [-0.2, 0) is 16.1 Å². The molecule has 2 aliphatic rings. The fraction of sp³-hybridized carbons (Fsp3) is 0.462. The summed E-state index contributed by atoms with van der Waals surface area (Å²) >= 11 is 1.53. The maximum Gasteiger partial charge on any atom is 0.241 e. The van der Waals surface area contributed by atoms with E-state index in [0.717, 1.165) is 29.0 Å². The lowest BCUT2D eigenvalue weighted by Gasteiger charge is -2.36. The van der Waals surface area contributed by atoms with Crippen molar-refractivity contribution in [2.75, 3.05) is 4.90 Å². The van der Waals surface area contributed by atoms with E-state index < -0.39 is 5.25 Å². The van der Waals surface area contributed by atoms with Crippen molar-refractivity contribution in [3.05, 3.63) is 59.7 Å². The van der Waals surface area contributed by atoms with Crippen LogP contribution >= 0.6 is 11.8 Å². The number of hydrogen-bond acceptors (Lipinski definition) is 3. The number of hydrogen-bond donors (Lipinski definition) is 1. The Balaban J connectivity index is 1.53. The van der Waals surface area contributed by atoms with E-state index in [2.05, 4.69) is 42.6 Å². The number of nitrogens with one attached hydrogen (secondary N) is 1. The van der Waals surface area contributed by atoms with Gasteiger partial charge in [-0.1, -0.05) is 74.6 Å². The zero-order chi connectivity index (χ0) is 21.8. The van der Waals surface area contributed by atoms with Gasteiger partial charge in [0.1, 0.15) is 5.25 Å². The third kappa shape index (κ3) is 5.15. The molecule has 0 unspecified atom stereocenters. The molecule has 1 aliphatic heterocycles. The summed E-state index contributed by atoms with van der Waals surface area (Å²) in [5.41, 5.74) is 3.23. The van der Waals surface area contributed by atoms with Crippen molar-refractivity contribution in [3.63, 3.8) is 0 Å².